The van der Waals surface area contributed by atoms with Crippen molar-refractivity contribution in [3.8, 4) is 0 Å². The Labute approximate surface area is 172 Å². The molecule has 0 aliphatic heterocycles. The molecule has 2 rings (SSSR count). The molecule has 0 unspecified atom stereocenters. The first-order chi connectivity index (χ1) is 13.8. The zero-order valence-corrected chi connectivity index (χ0v) is 17.5. The number of amides is 2. The molecule has 0 heterocycles. The van der Waals surface area contributed by atoms with Crippen LogP contribution in [0.2, 0.25) is 0 Å². The van der Waals surface area contributed by atoms with Crippen molar-refractivity contribution in [2.45, 2.75) is 31.7 Å². The molecule has 5 nitrogen and oxygen atoms in total. The van der Waals surface area contributed by atoms with Crippen molar-refractivity contribution in [1.82, 2.24) is 15.5 Å². The van der Waals surface area contributed by atoms with Crippen molar-refractivity contribution in [3.05, 3.63) is 71.0 Å². The van der Waals surface area contributed by atoms with Crippen LogP contribution in [0.3, 0.4) is 0 Å². The van der Waals surface area contributed by atoms with Crippen LogP contribution in [0.4, 0.5) is 4.39 Å². The summed E-state index contributed by atoms with van der Waals surface area (Å²) < 4.78 is 14.2. The van der Waals surface area contributed by atoms with Gasteiger partial charge in [0.15, 0.2) is 0 Å². The number of benzene rings is 2. The van der Waals surface area contributed by atoms with Gasteiger partial charge in [-0.2, -0.15) is 0 Å². The number of carbonyl (C=O) groups is 2. The molecule has 0 radical (unpaired) electrons. The number of hydrogen-bond donors (Lipinski definition) is 2. The Morgan fingerprint density at radius 3 is 2.38 bits per heavy atom. The average molecular weight is 400 g/mol. The molecule has 29 heavy (non-hydrogen) atoms. The Hall–Kier alpha value is -2.73. The van der Waals surface area contributed by atoms with Crippen LogP contribution in [-0.2, 0) is 11.2 Å². The molecule has 0 aliphatic rings. The SMILES string of the molecule is CNC(=O)c1ccc(C[C@@H](CNC(=O)C[C@H](C)c2ccccc2)N(C)C)cc1F. The Kier molecular flexibility index (Phi) is 8.34. The predicted octanol–water partition coefficient (Wildman–Crippen LogP) is 2.97. The second-order valence-corrected chi connectivity index (χ2v) is 7.53. The predicted molar refractivity (Wildman–Crippen MR) is 113 cm³/mol. The van der Waals surface area contributed by atoms with Gasteiger partial charge in [0.25, 0.3) is 5.91 Å². The highest BCUT2D eigenvalue weighted by Gasteiger charge is 2.17. The van der Waals surface area contributed by atoms with Crippen molar-refractivity contribution < 1.29 is 14.0 Å². The lowest BCUT2D eigenvalue weighted by atomic mass is 9.97. The lowest BCUT2D eigenvalue weighted by Crippen LogP contribution is -2.41. The molecule has 2 amide bonds. The van der Waals surface area contributed by atoms with E-state index in [0.29, 0.717) is 19.4 Å². The van der Waals surface area contributed by atoms with E-state index in [1.54, 1.807) is 6.07 Å². The van der Waals surface area contributed by atoms with Crippen molar-refractivity contribution in [1.29, 1.82) is 0 Å². The standard InChI is InChI=1S/C23H30FN3O2/c1-16(18-8-6-5-7-9-18)12-22(28)26-15-19(27(3)4)13-17-10-11-20(21(24)14-17)23(29)25-2/h5-11,14,16,19H,12-13,15H2,1-4H3,(H,25,29)(H,26,28)/t16-,19-/m0/s1. The van der Waals surface area contributed by atoms with Gasteiger partial charge in [-0.25, -0.2) is 4.39 Å². The zero-order chi connectivity index (χ0) is 21.4. The molecule has 2 atom stereocenters. The highest BCUT2D eigenvalue weighted by Crippen LogP contribution is 2.18. The fourth-order valence-electron chi connectivity index (χ4n) is 3.20. The molecule has 2 N–H and O–H groups in total. The van der Waals surface area contributed by atoms with Crippen LogP contribution in [-0.4, -0.2) is 50.4 Å². The van der Waals surface area contributed by atoms with Gasteiger partial charge >= 0.3 is 0 Å². The second kappa shape index (κ2) is 10.7. The van der Waals surface area contributed by atoms with E-state index in [4.69, 9.17) is 0 Å². The summed E-state index contributed by atoms with van der Waals surface area (Å²) in [6.45, 7) is 2.50. The number of hydrogen-bond acceptors (Lipinski definition) is 3. The van der Waals surface area contributed by atoms with E-state index in [9.17, 15) is 14.0 Å². The summed E-state index contributed by atoms with van der Waals surface area (Å²) >= 11 is 0. The molecule has 0 bridgehead atoms. The van der Waals surface area contributed by atoms with Crippen LogP contribution in [0.1, 0.15) is 40.7 Å². The topological polar surface area (TPSA) is 61.4 Å². The quantitative estimate of drug-likeness (QED) is 0.682. The van der Waals surface area contributed by atoms with Crippen molar-refractivity contribution in [2.75, 3.05) is 27.7 Å². The molecule has 0 aromatic heterocycles. The molecule has 0 fully saturated rings. The van der Waals surface area contributed by atoms with E-state index in [1.165, 1.54) is 19.2 Å². The van der Waals surface area contributed by atoms with Crippen LogP contribution in [0.25, 0.3) is 0 Å². The number of nitrogens with zero attached hydrogens (tertiary/aromatic N) is 1. The monoisotopic (exact) mass is 399 g/mol. The van der Waals surface area contributed by atoms with Crippen LogP contribution in [0, 0.1) is 5.82 Å². The van der Waals surface area contributed by atoms with Crippen molar-refractivity contribution in [2.24, 2.45) is 0 Å². The fraction of sp³-hybridized carbons (Fsp3) is 0.391. The maximum atomic E-state index is 14.2. The summed E-state index contributed by atoms with van der Waals surface area (Å²) in [6, 6.07) is 14.6. The van der Waals surface area contributed by atoms with Gasteiger partial charge in [-0.3, -0.25) is 9.59 Å². The van der Waals surface area contributed by atoms with Crippen LogP contribution < -0.4 is 10.6 Å². The minimum atomic E-state index is -0.542. The number of rotatable bonds is 9. The first-order valence-corrected chi connectivity index (χ1v) is 9.80. The molecule has 6 heteroatoms. The van der Waals surface area contributed by atoms with Gasteiger partial charge in [0.05, 0.1) is 5.56 Å². The van der Waals surface area contributed by atoms with Gasteiger partial charge < -0.3 is 15.5 Å². The highest BCUT2D eigenvalue weighted by atomic mass is 19.1. The van der Waals surface area contributed by atoms with Gasteiger partial charge in [-0.15, -0.1) is 0 Å². The molecule has 0 saturated carbocycles. The maximum absolute atomic E-state index is 14.2. The van der Waals surface area contributed by atoms with E-state index in [2.05, 4.69) is 10.6 Å². The maximum Gasteiger partial charge on any atom is 0.253 e. The molecular weight excluding hydrogens is 369 g/mol. The largest absolute Gasteiger partial charge is 0.355 e. The molecular formula is C23H30FN3O2. The minimum absolute atomic E-state index is 0.00523. The summed E-state index contributed by atoms with van der Waals surface area (Å²) in [5.74, 6) is -0.854. The van der Waals surface area contributed by atoms with Crippen molar-refractivity contribution in [3.63, 3.8) is 0 Å². The zero-order valence-electron chi connectivity index (χ0n) is 17.5. The van der Waals surface area contributed by atoms with Gasteiger partial charge in [-0.05, 0) is 49.7 Å². The van der Waals surface area contributed by atoms with Crippen LogP contribution in [0.5, 0.6) is 0 Å². The molecule has 0 aliphatic carbocycles. The summed E-state index contributed by atoms with van der Waals surface area (Å²) in [4.78, 5) is 26.0. The third-order valence-corrected chi connectivity index (χ3v) is 5.10. The Bertz CT molecular complexity index is 824. The minimum Gasteiger partial charge on any atom is -0.355 e. The molecule has 2 aromatic rings. The van der Waals surface area contributed by atoms with E-state index in [-0.39, 0.29) is 23.4 Å². The van der Waals surface area contributed by atoms with Gasteiger partial charge in [0.1, 0.15) is 5.82 Å². The Morgan fingerprint density at radius 1 is 1.10 bits per heavy atom. The van der Waals surface area contributed by atoms with Crippen LogP contribution in [0.15, 0.2) is 48.5 Å². The van der Waals surface area contributed by atoms with E-state index in [0.717, 1.165) is 11.1 Å². The first-order valence-electron chi connectivity index (χ1n) is 9.80. The van der Waals surface area contributed by atoms with Gasteiger partial charge in [-0.1, -0.05) is 43.3 Å². The smallest absolute Gasteiger partial charge is 0.253 e. The van der Waals surface area contributed by atoms with Crippen LogP contribution >= 0.6 is 0 Å². The van der Waals surface area contributed by atoms with Gasteiger partial charge in [0.2, 0.25) is 5.91 Å². The Morgan fingerprint density at radius 2 is 1.79 bits per heavy atom. The normalized spacial score (nSPS) is 13.0. The third kappa shape index (κ3) is 6.68. The first kappa shape index (κ1) is 22.6. The number of nitrogens with one attached hydrogen (secondary N) is 2. The molecule has 2 aromatic carbocycles. The van der Waals surface area contributed by atoms with E-state index < -0.39 is 11.7 Å². The lowest BCUT2D eigenvalue weighted by Gasteiger charge is -2.25. The number of halogens is 1. The number of carbonyl (C=O) groups excluding carboxylic acids is 2. The van der Waals surface area contributed by atoms with Crippen molar-refractivity contribution >= 4 is 11.8 Å². The lowest BCUT2D eigenvalue weighted by molar-refractivity contribution is -0.121. The molecule has 0 spiro atoms. The van der Waals surface area contributed by atoms with E-state index >= 15 is 0 Å². The van der Waals surface area contributed by atoms with E-state index in [1.807, 2.05) is 56.3 Å². The third-order valence-electron chi connectivity index (χ3n) is 5.10. The fourth-order valence-corrected chi connectivity index (χ4v) is 3.20. The molecule has 156 valence electrons. The number of likely N-dealkylation sites (N-methyl/N-ethyl adjacent to an activating group) is 1. The summed E-state index contributed by atoms with van der Waals surface area (Å²) in [7, 11) is 5.33. The summed E-state index contributed by atoms with van der Waals surface area (Å²) in [5, 5.41) is 5.43. The average Bonchev–Trinajstić information content (AvgIpc) is 2.71. The Balaban J connectivity index is 1.94. The highest BCUT2D eigenvalue weighted by molar-refractivity contribution is 5.94. The molecule has 0 saturated heterocycles. The second-order valence-electron chi connectivity index (χ2n) is 7.53. The van der Waals surface area contributed by atoms with Gasteiger partial charge in [0, 0.05) is 26.1 Å². The summed E-state index contributed by atoms with van der Waals surface area (Å²) in [6.07, 6.45) is 0.978. The summed E-state index contributed by atoms with van der Waals surface area (Å²) in [5.41, 5.74) is 1.94.